The molecule has 2 rings (SSSR count). The molecule has 2 unspecified atom stereocenters. The van der Waals surface area contributed by atoms with E-state index >= 15 is 0 Å². The second kappa shape index (κ2) is 2.91. The van der Waals surface area contributed by atoms with Crippen LogP contribution in [0.1, 0.15) is 0 Å². The van der Waals surface area contributed by atoms with Crippen molar-refractivity contribution in [2.24, 2.45) is 0 Å². The summed E-state index contributed by atoms with van der Waals surface area (Å²) in [6.45, 7) is 0.422. The average Bonchev–Trinajstić information content (AvgIpc) is 2.41. The lowest BCUT2D eigenvalue weighted by Crippen LogP contribution is -2.44. The Morgan fingerprint density at radius 3 is 3.00 bits per heavy atom. The molecule has 2 fully saturated rings. The summed E-state index contributed by atoms with van der Waals surface area (Å²) in [6.07, 6.45) is -0.475. The lowest BCUT2D eigenvalue weighted by Gasteiger charge is -2.28. The van der Waals surface area contributed by atoms with E-state index in [0.29, 0.717) is 6.61 Å². The van der Waals surface area contributed by atoms with Crippen LogP contribution in [0.4, 0.5) is 0 Å². The molecule has 2 aliphatic heterocycles. The maximum Gasteiger partial charge on any atom is 0.127 e. The summed E-state index contributed by atoms with van der Waals surface area (Å²) in [5, 5.41) is 9.80. The summed E-state index contributed by atoms with van der Waals surface area (Å²) in [4.78, 5) is 0. The van der Waals surface area contributed by atoms with E-state index < -0.39 is 11.7 Å². The molecule has 2 radical (unpaired) electrons. The molecule has 2 bridgehead atoms. The van der Waals surface area contributed by atoms with Gasteiger partial charge in [0.2, 0.25) is 0 Å². The largest absolute Gasteiger partial charge is 0.389 e. The van der Waals surface area contributed by atoms with Crippen LogP contribution in [0.5, 0.6) is 0 Å². The molecule has 12 heavy (non-hydrogen) atoms. The van der Waals surface area contributed by atoms with Crippen molar-refractivity contribution in [3.8, 4) is 0 Å². The van der Waals surface area contributed by atoms with Crippen LogP contribution < -0.4 is 0 Å². The molecule has 0 amide bonds. The Morgan fingerprint density at radius 2 is 2.58 bits per heavy atom. The number of hydrogen-bond donors (Lipinski definition) is 1. The van der Waals surface area contributed by atoms with Crippen molar-refractivity contribution in [2.45, 2.75) is 23.0 Å². The first kappa shape index (κ1) is 8.87. The lowest BCUT2D eigenvalue weighted by atomic mass is 9.93. The lowest BCUT2D eigenvalue weighted by molar-refractivity contribution is -0.0884. The molecule has 0 aromatic rings. The minimum absolute atomic E-state index is 0.0279. The van der Waals surface area contributed by atoms with Gasteiger partial charge in [0.15, 0.2) is 0 Å². The van der Waals surface area contributed by atoms with Crippen LogP contribution in [0.15, 0.2) is 0 Å². The molecule has 0 spiro atoms. The van der Waals surface area contributed by atoms with Crippen LogP contribution in [0.25, 0.3) is 0 Å². The van der Waals surface area contributed by atoms with Crippen molar-refractivity contribution >= 4 is 19.6 Å². The van der Waals surface area contributed by atoms with Crippen molar-refractivity contribution < 1.29 is 14.6 Å². The van der Waals surface area contributed by atoms with E-state index in [2.05, 4.69) is 0 Å². The van der Waals surface area contributed by atoms with Gasteiger partial charge in [-0.1, -0.05) is 0 Å². The van der Waals surface area contributed by atoms with Gasteiger partial charge in [0.1, 0.15) is 13.4 Å². The number of hydrogen-bond acceptors (Lipinski definition) is 4. The van der Waals surface area contributed by atoms with Crippen molar-refractivity contribution in [2.75, 3.05) is 19.5 Å². The number of rotatable bonds is 2. The summed E-state index contributed by atoms with van der Waals surface area (Å²) in [7, 11) is 7.27. The van der Waals surface area contributed by atoms with Gasteiger partial charge in [-0.05, 0) is 0 Å². The van der Waals surface area contributed by atoms with Crippen molar-refractivity contribution in [3.63, 3.8) is 0 Å². The molecule has 0 saturated carbocycles. The maximum atomic E-state index is 9.77. The van der Waals surface area contributed by atoms with Gasteiger partial charge in [-0.15, -0.1) is 0 Å². The Morgan fingerprint density at radius 1 is 1.83 bits per heavy atom. The molecule has 0 aromatic carbocycles. The molecule has 1 N–H and O–H groups in total. The van der Waals surface area contributed by atoms with E-state index in [0.717, 1.165) is 5.75 Å². The minimum atomic E-state index is -0.538. The van der Waals surface area contributed by atoms with Gasteiger partial charge < -0.3 is 14.6 Å². The molecule has 66 valence electrons. The summed E-state index contributed by atoms with van der Waals surface area (Å²) in [5.74, 6) is 0.778. The highest BCUT2D eigenvalue weighted by atomic mass is 32.2. The number of aliphatic hydroxyl groups is 1. The molecule has 3 nitrogen and oxygen atoms in total. The second-order valence-corrected chi connectivity index (χ2v) is 4.47. The zero-order valence-electron chi connectivity index (χ0n) is 6.90. The van der Waals surface area contributed by atoms with Crippen LogP contribution in [0.2, 0.25) is 0 Å². The monoisotopic (exact) mass is 186 g/mol. The maximum absolute atomic E-state index is 9.77. The average molecular weight is 186 g/mol. The third-order valence-corrected chi connectivity index (χ3v) is 4.02. The second-order valence-electron chi connectivity index (χ2n) is 3.30. The summed E-state index contributed by atoms with van der Waals surface area (Å²) in [5.41, 5.74) is -0.538. The SMILES string of the molecule is [B][C@@H]1O[C@]2(COC)CSC1C2O. The molecular weight excluding hydrogens is 175 g/mol. The van der Waals surface area contributed by atoms with Gasteiger partial charge in [0, 0.05) is 18.9 Å². The van der Waals surface area contributed by atoms with E-state index in [1.165, 1.54) is 0 Å². The molecule has 2 heterocycles. The molecule has 4 atom stereocenters. The first-order chi connectivity index (χ1) is 5.69. The molecule has 2 saturated heterocycles. The predicted octanol–water partition coefficient (Wildman–Crippen LogP) is -0.627. The zero-order valence-corrected chi connectivity index (χ0v) is 7.71. The van der Waals surface area contributed by atoms with Crippen molar-refractivity contribution in [1.29, 1.82) is 0 Å². The highest BCUT2D eigenvalue weighted by molar-refractivity contribution is 8.00. The van der Waals surface area contributed by atoms with E-state index in [4.69, 9.17) is 17.3 Å². The highest BCUT2D eigenvalue weighted by Gasteiger charge is 2.58. The number of methoxy groups -OCH3 is 1. The van der Waals surface area contributed by atoms with Crippen LogP contribution in [0, 0.1) is 0 Å². The van der Waals surface area contributed by atoms with E-state index in [9.17, 15) is 5.11 Å². The number of aliphatic hydroxyl groups excluding tert-OH is 1. The number of thioether (sulfide) groups is 1. The molecular formula is C7H11BO3S. The summed E-state index contributed by atoms with van der Waals surface area (Å²) >= 11 is 1.67. The van der Waals surface area contributed by atoms with E-state index in [1.807, 2.05) is 0 Å². The van der Waals surface area contributed by atoms with Crippen molar-refractivity contribution in [1.82, 2.24) is 0 Å². The Hall–Kier alpha value is 0.295. The smallest absolute Gasteiger partial charge is 0.127 e. The fraction of sp³-hybridized carbons (Fsp3) is 1.00. The van der Waals surface area contributed by atoms with Gasteiger partial charge in [0.05, 0.1) is 18.0 Å². The molecule has 5 heteroatoms. The summed E-state index contributed by atoms with van der Waals surface area (Å²) in [6, 6.07) is -0.339. The highest BCUT2D eigenvalue weighted by Crippen LogP contribution is 2.46. The molecule has 2 aliphatic rings. The van der Waals surface area contributed by atoms with Crippen LogP contribution in [0.3, 0.4) is 0 Å². The molecule has 0 aliphatic carbocycles. The van der Waals surface area contributed by atoms with Crippen molar-refractivity contribution in [3.05, 3.63) is 0 Å². The zero-order chi connectivity index (χ0) is 8.77. The third-order valence-electron chi connectivity index (χ3n) is 2.45. The van der Waals surface area contributed by atoms with Gasteiger partial charge in [-0.3, -0.25) is 0 Å². The number of fused-ring (bicyclic) bond motifs is 2. The van der Waals surface area contributed by atoms with Gasteiger partial charge in [0.25, 0.3) is 0 Å². The Kier molecular flexibility index (Phi) is 2.15. The standard InChI is InChI=1S/C7H11BO3S/c1-10-2-7-3-12-4(5(7)9)6(8)11-7/h4-6,9H,2-3H2,1H3/t4?,5?,6-,7-/m1/s1. The first-order valence-corrected chi connectivity index (χ1v) is 4.96. The fourth-order valence-electron chi connectivity index (χ4n) is 1.83. The minimum Gasteiger partial charge on any atom is -0.389 e. The quantitative estimate of drug-likeness (QED) is 0.583. The van der Waals surface area contributed by atoms with Crippen LogP contribution >= 0.6 is 11.8 Å². The van der Waals surface area contributed by atoms with E-state index in [-0.39, 0.29) is 11.3 Å². The van der Waals surface area contributed by atoms with E-state index in [1.54, 1.807) is 18.9 Å². The first-order valence-electron chi connectivity index (χ1n) is 3.92. The topological polar surface area (TPSA) is 38.7 Å². The van der Waals surface area contributed by atoms with Crippen LogP contribution in [-0.4, -0.2) is 55.4 Å². The number of ether oxygens (including phenoxy) is 2. The summed E-state index contributed by atoms with van der Waals surface area (Å²) < 4.78 is 10.5. The normalized spacial score (nSPS) is 51.7. The Labute approximate surface area is 77.2 Å². The Balaban J connectivity index is 2.15. The van der Waals surface area contributed by atoms with Crippen LogP contribution in [-0.2, 0) is 9.47 Å². The Bertz CT molecular complexity index is 191. The fourth-order valence-corrected chi connectivity index (χ4v) is 3.31. The van der Waals surface area contributed by atoms with Gasteiger partial charge >= 0.3 is 0 Å². The predicted molar refractivity (Wildman–Crippen MR) is 47.5 cm³/mol. The third kappa shape index (κ3) is 1.04. The van der Waals surface area contributed by atoms with Gasteiger partial charge in [-0.25, -0.2) is 0 Å². The van der Waals surface area contributed by atoms with Gasteiger partial charge in [-0.2, -0.15) is 11.8 Å². The molecule has 0 aromatic heterocycles.